The van der Waals surface area contributed by atoms with Crippen molar-refractivity contribution in [2.45, 2.75) is 32.5 Å². The van der Waals surface area contributed by atoms with Crippen LogP contribution in [-0.2, 0) is 4.74 Å². The predicted molar refractivity (Wildman–Crippen MR) is 91.6 cm³/mol. The average Bonchev–Trinajstić information content (AvgIpc) is 2.52. The van der Waals surface area contributed by atoms with E-state index in [4.69, 9.17) is 4.74 Å². The number of carbonyl (C=O) groups is 1. The van der Waals surface area contributed by atoms with Gasteiger partial charge in [0.15, 0.2) is 0 Å². The zero-order chi connectivity index (χ0) is 17.0. The molecule has 2 aromatic rings. The van der Waals surface area contributed by atoms with Crippen LogP contribution in [0.25, 0.3) is 0 Å². The third-order valence-corrected chi connectivity index (χ3v) is 3.36. The topological polar surface area (TPSA) is 49.8 Å². The highest BCUT2D eigenvalue weighted by Crippen LogP contribution is 2.26. The van der Waals surface area contributed by atoms with Crippen LogP contribution in [-0.4, -0.2) is 23.8 Å². The number of carbonyl (C=O) groups excluding carboxylic acids is 1. The summed E-state index contributed by atoms with van der Waals surface area (Å²) in [4.78, 5) is 13.6. The van der Waals surface area contributed by atoms with E-state index >= 15 is 0 Å². The summed E-state index contributed by atoms with van der Waals surface area (Å²) in [6.07, 6.45) is -1.16. The fourth-order valence-corrected chi connectivity index (χ4v) is 2.17. The van der Waals surface area contributed by atoms with Gasteiger partial charge in [0, 0.05) is 12.7 Å². The van der Waals surface area contributed by atoms with Gasteiger partial charge in [-0.25, -0.2) is 4.79 Å². The van der Waals surface area contributed by atoms with Crippen molar-refractivity contribution < 1.29 is 14.6 Å². The summed E-state index contributed by atoms with van der Waals surface area (Å²) in [5.41, 5.74) is 1.66. The molecular weight excluding hydrogens is 290 g/mol. The molecule has 0 radical (unpaired) electrons. The molecule has 1 unspecified atom stereocenters. The van der Waals surface area contributed by atoms with E-state index in [9.17, 15) is 9.90 Å². The van der Waals surface area contributed by atoms with E-state index in [0.717, 1.165) is 11.1 Å². The van der Waals surface area contributed by atoms with Crippen LogP contribution >= 0.6 is 0 Å². The maximum atomic E-state index is 12.2. The average molecular weight is 313 g/mol. The first kappa shape index (κ1) is 17.0. The summed E-state index contributed by atoms with van der Waals surface area (Å²) in [5, 5.41) is 10.5. The van der Waals surface area contributed by atoms with Crippen molar-refractivity contribution in [2.75, 3.05) is 11.9 Å². The number of aliphatic hydroxyl groups excluding tert-OH is 1. The molecule has 0 bridgehead atoms. The highest BCUT2D eigenvalue weighted by atomic mass is 16.6. The molecule has 122 valence electrons. The van der Waals surface area contributed by atoms with Crippen LogP contribution in [0.2, 0.25) is 0 Å². The Morgan fingerprint density at radius 3 is 2.26 bits per heavy atom. The number of rotatable bonds is 3. The van der Waals surface area contributed by atoms with Gasteiger partial charge in [-0.3, -0.25) is 4.90 Å². The molecule has 0 aliphatic heterocycles. The summed E-state index contributed by atoms with van der Waals surface area (Å²) in [7, 11) is 1.65. The number of anilines is 1. The molecule has 4 heteroatoms. The van der Waals surface area contributed by atoms with Gasteiger partial charge in [0.1, 0.15) is 11.7 Å². The van der Waals surface area contributed by atoms with E-state index in [2.05, 4.69) is 0 Å². The van der Waals surface area contributed by atoms with Crippen molar-refractivity contribution in [2.24, 2.45) is 0 Å². The van der Waals surface area contributed by atoms with Crippen LogP contribution in [0.4, 0.5) is 10.5 Å². The number of hydrogen-bond acceptors (Lipinski definition) is 3. The maximum Gasteiger partial charge on any atom is 0.414 e. The highest BCUT2D eigenvalue weighted by Gasteiger charge is 2.21. The molecule has 0 heterocycles. The van der Waals surface area contributed by atoms with E-state index in [1.54, 1.807) is 13.1 Å². The Kier molecular flexibility index (Phi) is 5.06. The van der Waals surface area contributed by atoms with Crippen LogP contribution in [0, 0.1) is 0 Å². The van der Waals surface area contributed by atoms with Crippen molar-refractivity contribution >= 4 is 11.8 Å². The number of nitrogens with zero attached hydrogens (tertiary/aromatic N) is 1. The smallest absolute Gasteiger partial charge is 0.414 e. The molecule has 0 saturated carbocycles. The van der Waals surface area contributed by atoms with Crippen molar-refractivity contribution in [1.29, 1.82) is 0 Å². The number of hydrogen-bond donors (Lipinski definition) is 1. The Morgan fingerprint density at radius 2 is 1.65 bits per heavy atom. The molecule has 2 aromatic carbocycles. The lowest BCUT2D eigenvalue weighted by Gasteiger charge is -2.25. The fraction of sp³-hybridized carbons (Fsp3) is 0.316. The van der Waals surface area contributed by atoms with Gasteiger partial charge in [-0.15, -0.1) is 0 Å². The molecule has 0 spiro atoms. The maximum absolute atomic E-state index is 12.2. The molecular formula is C19H23NO3. The Morgan fingerprint density at radius 1 is 1.04 bits per heavy atom. The molecule has 0 aliphatic rings. The van der Waals surface area contributed by atoms with E-state index < -0.39 is 17.8 Å². The van der Waals surface area contributed by atoms with Crippen molar-refractivity contribution in [3.8, 4) is 0 Å². The third-order valence-electron chi connectivity index (χ3n) is 3.36. The molecule has 2 rings (SSSR count). The first-order valence-electron chi connectivity index (χ1n) is 7.57. The largest absolute Gasteiger partial charge is 0.443 e. The minimum absolute atomic E-state index is 0.427. The van der Waals surface area contributed by atoms with Crippen molar-refractivity contribution in [1.82, 2.24) is 0 Å². The lowest BCUT2D eigenvalue weighted by Crippen LogP contribution is -2.34. The standard InChI is InChI=1S/C19H23NO3/c1-19(2,3)23-18(22)20(4)16-12-8-11-15(13-16)17(21)14-9-6-5-7-10-14/h5-13,17,21H,1-4H3. The molecule has 0 aliphatic carbocycles. The molecule has 0 aromatic heterocycles. The fourth-order valence-electron chi connectivity index (χ4n) is 2.17. The predicted octanol–water partition coefficient (Wildman–Crippen LogP) is 4.14. The molecule has 0 fully saturated rings. The first-order chi connectivity index (χ1) is 10.8. The highest BCUT2D eigenvalue weighted by molar-refractivity contribution is 5.87. The molecule has 1 N–H and O–H groups in total. The molecule has 1 atom stereocenters. The van der Waals surface area contributed by atoms with E-state index in [-0.39, 0.29) is 0 Å². The Hall–Kier alpha value is -2.33. The molecule has 1 amide bonds. The second kappa shape index (κ2) is 6.84. The van der Waals surface area contributed by atoms with E-state index in [1.807, 2.05) is 69.3 Å². The van der Waals surface area contributed by atoms with Gasteiger partial charge in [0.25, 0.3) is 0 Å². The first-order valence-corrected chi connectivity index (χ1v) is 7.57. The lowest BCUT2D eigenvalue weighted by molar-refractivity contribution is 0.0589. The summed E-state index contributed by atoms with van der Waals surface area (Å²) in [6.45, 7) is 5.48. The zero-order valence-corrected chi connectivity index (χ0v) is 14.0. The van der Waals surface area contributed by atoms with Gasteiger partial charge in [0.05, 0.1) is 0 Å². The number of ether oxygens (including phenoxy) is 1. The number of amides is 1. The number of aliphatic hydroxyl groups is 1. The molecule has 4 nitrogen and oxygen atoms in total. The quantitative estimate of drug-likeness (QED) is 0.926. The summed E-state index contributed by atoms with van der Waals surface area (Å²) < 4.78 is 5.36. The van der Waals surface area contributed by atoms with Gasteiger partial charge < -0.3 is 9.84 Å². The second-order valence-corrected chi connectivity index (χ2v) is 6.45. The minimum Gasteiger partial charge on any atom is -0.443 e. The van der Waals surface area contributed by atoms with E-state index in [0.29, 0.717) is 5.69 Å². The minimum atomic E-state index is -0.733. The van der Waals surface area contributed by atoms with Crippen molar-refractivity contribution in [3.63, 3.8) is 0 Å². The van der Waals surface area contributed by atoms with Crippen LogP contribution in [0.1, 0.15) is 38.0 Å². The van der Waals surface area contributed by atoms with Gasteiger partial charge >= 0.3 is 6.09 Å². The summed E-state index contributed by atoms with van der Waals surface area (Å²) >= 11 is 0. The molecule has 23 heavy (non-hydrogen) atoms. The van der Waals surface area contributed by atoms with Crippen LogP contribution in [0.3, 0.4) is 0 Å². The third kappa shape index (κ3) is 4.57. The number of benzene rings is 2. The van der Waals surface area contributed by atoms with Crippen LogP contribution in [0.5, 0.6) is 0 Å². The normalized spacial score (nSPS) is 12.6. The summed E-state index contributed by atoms with van der Waals surface area (Å²) in [5.74, 6) is 0. The van der Waals surface area contributed by atoms with Crippen LogP contribution in [0.15, 0.2) is 54.6 Å². The SMILES string of the molecule is CN(C(=O)OC(C)(C)C)c1cccc(C(O)c2ccccc2)c1. The Labute approximate surface area is 137 Å². The van der Waals surface area contributed by atoms with Gasteiger partial charge in [-0.05, 0) is 44.0 Å². The van der Waals surface area contributed by atoms with Crippen molar-refractivity contribution in [3.05, 3.63) is 65.7 Å². The monoisotopic (exact) mass is 313 g/mol. The van der Waals surface area contributed by atoms with Gasteiger partial charge in [-0.2, -0.15) is 0 Å². The lowest BCUT2D eigenvalue weighted by atomic mass is 10.0. The summed E-state index contributed by atoms with van der Waals surface area (Å²) in [6, 6.07) is 16.7. The van der Waals surface area contributed by atoms with Gasteiger partial charge in [0.2, 0.25) is 0 Å². The second-order valence-electron chi connectivity index (χ2n) is 6.45. The Balaban J connectivity index is 2.21. The Bertz CT molecular complexity index is 662. The molecule has 0 saturated heterocycles. The van der Waals surface area contributed by atoms with E-state index in [1.165, 1.54) is 4.90 Å². The zero-order valence-electron chi connectivity index (χ0n) is 14.0. The van der Waals surface area contributed by atoms with Crippen LogP contribution < -0.4 is 4.90 Å². The van der Waals surface area contributed by atoms with Gasteiger partial charge in [-0.1, -0.05) is 42.5 Å².